The lowest BCUT2D eigenvalue weighted by atomic mass is 10.1. The molecule has 0 aliphatic heterocycles. The number of carbonyl (C=O) groups excluding carboxylic acids is 1. The van der Waals surface area contributed by atoms with Crippen LogP contribution in [-0.2, 0) is 0 Å². The molecule has 0 aliphatic rings. The first-order valence-corrected chi connectivity index (χ1v) is 6.62. The van der Waals surface area contributed by atoms with E-state index < -0.39 is 23.8 Å². The first-order chi connectivity index (χ1) is 10.5. The lowest BCUT2D eigenvalue weighted by molar-refractivity contribution is 0.174. The smallest absolute Gasteiger partial charge is 0.319 e. The van der Waals surface area contributed by atoms with Crippen molar-refractivity contribution in [2.75, 3.05) is 11.9 Å². The van der Waals surface area contributed by atoms with Gasteiger partial charge in [-0.25, -0.2) is 13.6 Å². The molecule has 0 bridgehead atoms. The minimum atomic E-state index is -1.13. The largest absolute Gasteiger partial charge is 0.387 e. The summed E-state index contributed by atoms with van der Waals surface area (Å²) < 4.78 is 26.6. The highest BCUT2D eigenvalue weighted by Gasteiger charge is 2.12. The predicted octanol–water partition coefficient (Wildman–Crippen LogP) is 2.87. The van der Waals surface area contributed by atoms with E-state index in [1.165, 1.54) is 24.4 Å². The first kappa shape index (κ1) is 16.1. The number of nitrogens with one attached hydrogen (secondary N) is 2. The quantitative estimate of drug-likeness (QED) is 0.808. The van der Waals surface area contributed by atoms with Gasteiger partial charge in [-0.05, 0) is 23.8 Å². The summed E-state index contributed by atoms with van der Waals surface area (Å²) in [5.41, 5.74) is 0.219. The Morgan fingerprint density at radius 2 is 2.09 bits per heavy atom. The van der Waals surface area contributed by atoms with Crippen molar-refractivity contribution in [1.82, 2.24) is 10.3 Å². The SMILES string of the molecule is O=C(NC[C@@H](O)c1ccc(Cl)c(F)c1)Nc1ccncc1F. The van der Waals surface area contributed by atoms with Crippen LogP contribution < -0.4 is 10.6 Å². The van der Waals surface area contributed by atoms with E-state index >= 15 is 0 Å². The van der Waals surface area contributed by atoms with Crippen LogP contribution in [0.5, 0.6) is 0 Å². The molecule has 116 valence electrons. The van der Waals surface area contributed by atoms with Gasteiger partial charge >= 0.3 is 6.03 Å². The Hall–Kier alpha value is -2.25. The molecule has 1 heterocycles. The first-order valence-electron chi connectivity index (χ1n) is 6.24. The maximum atomic E-state index is 13.3. The van der Waals surface area contributed by atoms with Crippen molar-refractivity contribution in [3.63, 3.8) is 0 Å². The summed E-state index contributed by atoms with van der Waals surface area (Å²) >= 11 is 5.54. The zero-order chi connectivity index (χ0) is 16.1. The molecule has 0 unspecified atom stereocenters. The zero-order valence-electron chi connectivity index (χ0n) is 11.2. The van der Waals surface area contributed by atoms with E-state index in [9.17, 15) is 18.7 Å². The normalized spacial score (nSPS) is 11.8. The number of hydrogen-bond donors (Lipinski definition) is 3. The fourth-order valence-corrected chi connectivity index (χ4v) is 1.79. The number of amides is 2. The van der Waals surface area contributed by atoms with Crippen LogP contribution >= 0.6 is 11.6 Å². The molecular weight excluding hydrogens is 316 g/mol. The van der Waals surface area contributed by atoms with E-state index in [1.54, 1.807) is 0 Å². The number of nitrogens with zero attached hydrogens (tertiary/aromatic N) is 1. The number of urea groups is 1. The van der Waals surface area contributed by atoms with Gasteiger partial charge in [0.05, 0.1) is 23.0 Å². The molecule has 0 spiro atoms. The third-order valence-electron chi connectivity index (χ3n) is 2.81. The minimum absolute atomic E-state index is 0.0421. The topological polar surface area (TPSA) is 74.2 Å². The van der Waals surface area contributed by atoms with Crippen molar-refractivity contribution < 1.29 is 18.7 Å². The van der Waals surface area contributed by atoms with Crippen LogP contribution in [0.4, 0.5) is 19.3 Å². The molecule has 3 N–H and O–H groups in total. The number of aliphatic hydroxyl groups is 1. The second-order valence-electron chi connectivity index (χ2n) is 4.38. The lowest BCUT2D eigenvalue weighted by Crippen LogP contribution is -2.32. The average Bonchev–Trinajstić information content (AvgIpc) is 2.50. The Balaban J connectivity index is 1.90. The van der Waals surface area contributed by atoms with Gasteiger partial charge in [-0.3, -0.25) is 4.98 Å². The molecule has 22 heavy (non-hydrogen) atoms. The van der Waals surface area contributed by atoms with E-state index in [4.69, 9.17) is 11.6 Å². The number of halogens is 3. The fraction of sp³-hybridized carbons (Fsp3) is 0.143. The summed E-state index contributed by atoms with van der Waals surface area (Å²) in [4.78, 5) is 15.2. The molecule has 1 aromatic carbocycles. The highest BCUT2D eigenvalue weighted by molar-refractivity contribution is 6.30. The molecule has 1 atom stereocenters. The van der Waals surface area contributed by atoms with Crippen LogP contribution in [0, 0.1) is 11.6 Å². The summed E-state index contributed by atoms with van der Waals surface area (Å²) in [7, 11) is 0. The number of anilines is 1. The lowest BCUT2D eigenvalue weighted by Gasteiger charge is -2.13. The molecule has 2 rings (SSSR count). The summed E-state index contributed by atoms with van der Waals surface area (Å²) in [6.45, 7) is -0.181. The molecule has 0 fully saturated rings. The van der Waals surface area contributed by atoms with Crippen molar-refractivity contribution in [2.45, 2.75) is 6.10 Å². The number of carbonyl (C=O) groups is 1. The second-order valence-corrected chi connectivity index (χ2v) is 4.79. The third kappa shape index (κ3) is 4.12. The molecule has 0 radical (unpaired) electrons. The number of rotatable bonds is 4. The van der Waals surface area contributed by atoms with Gasteiger partial charge in [0.1, 0.15) is 5.82 Å². The zero-order valence-corrected chi connectivity index (χ0v) is 11.9. The summed E-state index contributed by atoms with van der Waals surface area (Å²) in [5.74, 6) is -1.35. The van der Waals surface area contributed by atoms with Gasteiger partial charge in [0, 0.05) is 12.7 Å². The molecule has 0 saturated heterocycles. The summed E-state index contributed by atoms with van der Waals surface area (Å²) in [6.07, 6.45) is 1.16. The monoisotopic (exact) mass is 327 g/mol. The molecular formula is C14H12ClF2N3O2. The maximum Gasteiger partial charge on any atom is 0.319 e. The van der Waals surface area contributed by atoms with Crippen LogP contribution in [0.3, 0.4) is 0 Å². The molecule has 2 aromatic rings. The predicted molar refractivity (Wildman–Crippen MR) is 77.6 cm³/mol. The molecule has 2 amide bonds. The molecule has 0 saturated carbocycles. The van der Waals surface area contributed by atoms with Crippen LogP contribution in [0.1, 0.15) is 11.7 Å². The molecule has 5 nitrogen and oxygen atoms in total. The van der Waals surface area contributed by atoms with Gasteiger partial charge in [0.2, 0.25) is 0 Å². The van der Waals surface area contributed by atoms with Crippen molar-refractivity contribution >= 4 is 23.3 Å². The van der Waals surface area contributed by atoms with Gasteiger partial charge < -0.3 is 15.7 Å². The van der Waals surface area contributed by atoms with Crippen molar-refractivity contribution in [1.29, 1.82) is 0 Å². The number of pyridine rings is 1. The van der Waals surface area contributed by atoms with Gasteiger partial charge in [-0.15, -0.1) is 0 Å². The van der Waals surface area contributed by atoms with Crippen molar-refractivity contribution in [2.24, 2.45) is 0 Å². The highest BCUT2D eigenvalue weighted by atomic mass is 35.5. The Bertz CT molecular complexity index is 685. The minimum Gasteiger partial charge on any atom is -0.387 e. The Morgan fingerprint density at radius 1 is 1.32 bits per heavy atom. The van der Waals surface area contributed by atoms with E-state index in [2.05, 4.69) is 15.6 Å². The van der Waals surface area contributed by atoms with Gasteiger partial charge in [0.15, 0.2) is 5.82 Å². The van der Waals surface area contributed by atoms with Crippen LogP contribution in [-0.4, -0.2) is 22.7 Å². The average molecular weight is 328 g/mol. The van der Waals surface area contributed by atoms with E-state index in [0.717, 1.165) is 12.3 Å². The highest BCUT2D eigenvalue weighted by Crippen LogP contribution is 2.20. The van der Waals surface area contributed by atoms with Crippen molar-refractivity contribution in [3.05, 3.63) is 58.9 Å². The van der Waals surface area contributed by atoms with E-state index in [0.29, 0.717) is 0 Å². The number of aliphatic hydroxyl groups excluding tert-OH is 1. The second kappa shape index (κ2) is 7.15. The standard InChI is InChI=1S/C14H12ClF2N3O2/c15-9-2-1-8(5-10(9)16)13(21)7-19-14(22)20-12-3-4-18-6-11(12)17/h1-6,13,21H,7H2,(H2,18,19,20,22)/t13-/m1/s1. The Morgan fingerprint density at radius 3 is 2.77 bits per heavy atom. The Kier molecular flexibility index (Phi) is 5.24. The van der Waals surface area contributed by atoms with Crippen LogP contribution in [0.25, 0.3) is 0 Å². The molecule has 8 heteroatoms. The number of benzene rings is 1. The number of hydrogen-bond acceptors (Lipinski definition) is 3. The fourth-order valence-electron chi connectivity index (χ4n) is 1.67. The van der Waals surface area contributed by atoms with E-state index in [-0.39, 0.29) is 22.8 Å². The summed E-state index contributed by atoms with van der Waals surface area (Å²) in [5, 5.41) is 14.4. The summed E-state index contributed by atoms with van der Waals surface area (Å²) in [6, 6.07) is 4.41. The van der Waals surface area contributed by atoms with Crippen molar-refractivity contribution in [3.8, 4) is 0 Å². The van der Waals surface area contributed by atoms with Gasteiger partial charge in [-0.1, -0.05) is 17.7 Å². The van der Waals surface area contributed by atoms with Gasteiger partial charge in [0.25, 0.3) is 0 Å². The van der Waals surface area contributed by atoms with Crippen LogP contribution in [0.2, 0.25) is 5.02 Å². The maximum absolute atomic E-state index is 13.3. The van der Waals surface area contributed by atoms with Crippen LogP contribution in [0.15, 0.2) is 36.7 Å². The molecule has 1 aromatic heterocycles. The van der Waals surface area contributed by atoms with Gasteiger partial charge in [-0.2, -0.15) is 0 Å². The Labute approximate surface area is 129 Å². The molecule has 0 aliphatic carbocycles. The third-order valence-corrected chi connectivity index (χ3v) is 3.11. The van der Waals surface area contributed by atoms with E-state index in [1.807, 2.05) is 0 Å². The number of aromatic nitrogens is 1.